The highest BCUT2D eigenvalue weighted by Gasteiger charge is 2.45. The van der Waals surface area contributed by atoms with Crippen molar-refractivity contribution in [1.82, 2.24) is 29.5 Å². The van der Waals surface area contributed by atoms with Crippen LogP contribution in [0.2, 0.25) is 0 Å². The fraction of sp³-hybridized carbons (Fsp3) is 0.467. The van der Waals surface area contributed by atoms with Crippen molar-refractivity contribution in [3.63, 3.8) is 0 Å². The lowest BCUT2D eigenvalue weighted by Crippen LogP contribution is -2.33. The third-order valence-corrected chi connectivity index (χ3v) is 4.51. The number of aliphatic hydroxyl groups is 3. The summed E-state index contributed by atoms with van der Waals surface area (Å²) in [6.07, 6.45) is 0.829. The number of ether oxygens (including phenoxy) is 1. The van der Waals surface area contributed by atoms with Gasteiger partial charge in [-0.15, -0.1) is 0 Å². The molecule has 0 aliphatic carbocycles. The monoisotopic (exact) mass is 376 g/mol. The molecule has 4 heterocycles. The number of aromatic nitrogens is 6. The number of aromatic amines is 1. The van der Waals surface area contributed by atoms with Crippen LogP contribution in [0.4, 0.5) is 11.8 Å². The van der Waals surface area contributed by atoms with Crippen molar-refractivity contribution in [2.45, 2.75) is 31.0 Å². The van der Waals surface area contributed by atoms with Gasteiger partial charge in [-0.3, -0.25) is 4.57 Å². The van der Waals surface area contributed by atoms with E-state index in [0.717, 1.165) is 5.69 Å². The molecule has 0 bridgehead atoms. The van der Waals surface area contributed by atoms with Gasteiger partial charge in [0.05, 0.1) is 12.9 Å². The molecule has 7 N–H and O–H groups in total. The zero-order valence-corrected chi connectivity index (χ0v) is 14.2. The third kappa shape index (κ3) is 3.08. The summed E-state index contributed by atoms with van der Waals surface area (Å²) in [5, 5.41) is 33.0. The highest BCUT2D eigenvalue weighted by Crippen LogP contribution is 2.34. The maximum atomic E-state index is 10.4. The summed E-state index contributed by atoms with van der Waals surface area (Å²) in [5.41, 5.74) is 7.53. The summed E-state index contributed by atoms with van der Waals surface area (Å²) in [6, 6.07) is 0. The maximum absolute atomic E-state index is 10.4. The van der Waals surface area contributed by atoms with Crippen LogP contribution in [0.15, 0.2) is 18.9 Å². The maximum Gasteiger partial charge on any atom is 0.207 e. The molecule has 0 spiro atoms. The van der Waals surface area contributed by atoms with Crippen molar-refractivity contribution in [3.05, 3.63) is 24.5 Å². The topological polar surface area (TPSA) is 180 Å². The van der Waals surface area contributed by atoms with Gasteiger partial charge in [-0.2, -0.15) is 0 Å². The zero-order chi connectivity index (χ0) is 19.0. The van der Waals surface area contributed by atoms with Gasteiger partial charge in [0.15, 0.2) is 23.2 Å². The molecule has 12 nitrogen and oxygen atoms in total. The lowest BCUT2D eigenvalue weighted by atomic mass is 10.1. The molecule has 0 radical (unpaired) electrons. The van der Waals surface area contributed by atoms with E-state index < -0.39 is 31.1 Å². The molecule has 1 aliphatic heterocycles. The first-order valence-electron chi connectivity index (χ1n) is 8.42. The number of nitrogens with one attached hydrogen (secondary N) is 2. The van der Waals surface area contributed by atoms with Crippen LogP contribution in [0.1, 0.15) is 11.9 Å². The molecule has 3 aromatic heterocycles. The predicted molar refractivity (Wildman–Crippen MR) is 93.5 cm³/mol. The number of nitrogens with two attached hydrogens (primary N) is 1. The van der Waals surface area contributed by atoms with Gasteiger partial charge in [-0.1, -0.05) is 0 Å². The Bertz CT molecular complexity index is 914. The van der Waals surface area contributed by atoms with E-state index in [4.69, 9.17) is 10.5 Å². The zero-order valence-electron chi connectivity index (χ0n) is 14.2. The van der Waals surface area contributed by atoms with E-state index in [1.807, 2.05) is 0 Å². The Kier molecular flexibility index (Phi) is 4.61. The first-order chi connectivity index (χ1) is 13.1. The van der Waals surface area contributed by atoms with E-state index in [-0.39, 0.29) is 5.82 Å². The fourth-order valence-electron chi connectivity index (χ4n) is 3.12. The molecule has 27 heavy (non-hydrogen) atoms. The Morgan fingerprint density at radius 1 is 1.30 bits per heavy atom. The number of nitrogens with zero attached hydrogens (tertiary/aromatic N) is 5. The van der Waals surface area contributed by atoms with E-state index in [1.54, 1.807) is 12.5 Å². The SMILES string of the molecule is Nc1ncnc2c1nc(NCCc1cnc[nH]1)n2[C@@H]1O[C@H](CO)[C@@H](O)[C@H]1O. The van der Waals surface area contributed by atoms with Gasteiger partial charge in [-0.05, 0) is 0 Å². The van der Waals surface area contributed by atoms with Gasteiger partial charge >= 0.3 is 0 Å². The number of hydrogen-bond acceptors (Lipinski definition) is 10. The van der Waals surface area contributed by atoms with E-state index in [0.29, 0.717) is 30.1 Å². The molecular weight excluding hydrogens is 356 g/mol. The molecule has 144 valence electrons. The second-order valence-corrected chi connectivity index (χ2v) is 6.22. The highest BCUT2D eigenvalue weighted by molar-refractivity contribution is 5.84. The van der Waals surface area contributed by atoms with Crippen LogP contribution < -0.4 is 11.1 Å². The molecule has 0 unspecified atom stereocenters. The molecule has 0 amide bonds. The van der Waals surface area contributed by atoms with Gasteiger partial charge in [-0.25, -0.2) is 19.9 Å². The van der Waals surface area contributed by atoms with Crippen molar-refractivity contribution in [1.29, 1.82) is 0 Å². The molecule has 0 saturated carbocycles. The second kappa shape index (κ2) is 7.08. The van der Waals surface area contributed by atoms with Crippen molar-refractivity contribution in [3.8, 4) is 0 Å². The minimum atomic E-state index is -1.27. The Labute approximate surface area is 153 Å². The number of H-pyrrole nitrogens is 1. The first kappa shape index (κ1) is 17.6. The first-order valence-corrected chi connectivity index (χ1v) is 8.42. The summed E-state index contributed by atoms with van der Waals surface area (Å²) in [7, 11) is 0. The minimum absolute atomic E-state index is 0.183. The quantitative estimate of drug-likeness (QED) is 0.293. The van der Waals surface area contributed by atoms with Crippen LogP contribution in [0, 0.1) is 0 Å². The average molecular weight is 376 g/mol. The molecule has 1 aliphatic rings. The predicted octanol–water partition coefficient (Wildman–Crippen LogP) is -1.60. The van der Waals surface area contributed by atoms with Crippen molar-refractivity contribution in [2.24, 2.45) is 0 Å². The van der Waals surface area contributed by atoms with Gasteiger partial charge in [0.2, 0.25) is 5.95 Å². The summed E-state index contributed by atoms with van der Waals surface area (Å²) >= 11 is 0. The largest absolute Gasteiger partial charge is 0.394 e. The van der Waals surface area contributed by atoms with E-state index in [9.17, 15) is 15.3 Å². The molecule has 1 saturated heterocycles. The van der Waals surface area contributed by atoms with Crippen LogP contribution in [0.5, 0.6) is 0 Å². The Morgan fingerprint density at radius 3 is 2.85 bits per heavy atom. The number of hydrogen-bond donors (Lipinski definition) is 6. The van der Waals surface area contributed by atoms with Crippen molar-refractivity contribution in [2.75, 3.05) is 24.2 Å². The normalized spacial score (nSPS) is 25.3. The van der Waals surface area contributed by atoms with Crippen molar-refractivity contribution < 1.29 is 20.1 Å². The molecule has 4 rings (SSSR count). The third-order valence-electron chi connectivity index (χ3n) is 4.51. The molecular formula is C15H20N8O4. The summed E-state index contributed by atoms with van der Waals surface area (Å²) in [4.78, 5) is 19.5. The van der Waals surface area contributed by atoms with Gasteiger partial charge in [0.25, 0.3) is 0 Å². The molecule has 12 heteroatoms. The van der Waals surface area contributed by atoms with Crippen LogP contribution in [0.25, 0.3) is 11.2 Å². The number of nitrogen functional groups attached to an aromatic ring is 1. The van der Waals surface area contributed by atoms with Crippen LogP contribution in [-0.4, -0.2) is 76.3 Å². The fourth-order valence-corrected chi connectivity index (χ4v) is 3.12. The number of aliphatic hydroxyl groups excluding tert-OH is 3. The number of fused-ring (bicyclic) bond motifs is 1. The number of rotatable bonds is 6. The standard InChI is InChI=1S/C15H20N8O4/c16-12-9-13(21-6-20-12)23(14-11(26)10(25)8(4-24)27-14)15(22-9)18-2-1-7-3-17-5-19-7/h3,5-6,8,10-11,14,24-26H,1-2,4H2,(H,17,19)(H,18,22)(H2,16,20,21)/t8-,10-,11-,14-/m1/s1. The van der Waals surface area contributed by atoms with E-state index in [2.05, 4.69) is 30.2 Å². The average Bonchev–Trinajstić information content (AvgIpc) is 3.36. The van der Waals surface area contributed by atoms with Crippen molar-refractivity contribution >= 4 is 22.9 Å². The Morgan fingerprint density at radius 2 is 2.15 bits per heavy atom. The highest BCUT2D eigenvalue weighted by atomic mass is 16.6. The van der Waals surface area contributed by atoms with Crippen LogP contribution in [0.3, 0.4) is 0 Å². The van der Waals surface area contributed by atoms with Gasteiger partial charge < -0.3 is 36.1 Å². The van der Waals surface area contributed by atoms with Gasteiger partial charge in [0.1, 0.15) is 24.6 Å². The minimum Gasteiger partial charge on any atom is -0.394 e. The second-order valence-electron chi connectivity index (χ2n) is 6.22. The smallest absolute Gasteiger partial charge is 0.207 e. The molecule has 4 atom stereocenters. The molecule has 1 fully saturated rings. The Hall–Kier alpha value is -2.80. The lowest BCUT2D eigenvalue weighted by Gasteiger charge is -2.19. The molecule has 0 aromatic carbocycles. The van der Waals surface area contributed by atoms with E-state index in [1.165, 1.54) is 10.9 Å². The Balaban J connectivity index is 1.68. The summed E-state index contributed by atoms with van der Waals surface area (Å²) in [5.74, 6) is 0.536. The molecule has 3 aromatic rings. The van der Waals surface area contributed by atoms with Crippen LogP contribution >= 0.6 is 0 Å². The number of anilines is 2. The summed E-state index contributed by atoms with van der Waals surface area (Å²) in [6.45, 7) is 0.0781. The lowest BCUT2D eigenvalue weighted by molar-refractivity contribution is -0.0501. The summed E-state index contributed by atoms with van der Waals surface area (Å²) < 4.78 is 7.15. The van der Waals surface area contributed by atoms with Gasteiger partial charge in [0, 0.05) is 24.9 Å². The number of imidazole rings is 2. The van der Waals surface area contributed by atoms with E-state index >= 15 is 0 Å². The van der Waals surface area contributed by atoms with Crippen LogP contribution in [-0.2, 0) is 11.2 Å².